The molecule has 0 aliphatic carbocycles. The van der Waals surface area contributed by atoms with Crippen LogP contribution in [0.3, 0.4) is 0 Å². The normalized spacial score (nSPS) is 10.2. The largest absolute Gasteiger partial charge is 0.288 e. The zero-order chi connectivity index (χ0) is 10.9. The highest BCUT2D eigenvalue weighted by atomic mass is 32.2. The second-order valence-corrected chi connectivity index (χ2v) is 5.39. The van der Waals surface area contributed by atoms with E-state index in [1.54, 1.807) is 0 Å². The van der Waals surface area contributed by atoms with Crippen molar-refractivity contribution >= 4 is 26.9 Å². The summed E-state index contributed by atoms with van der Waals surface area (Å²) in [5.74, 6) is 0.119. The number of rotatable bonds is 3. The second-order valence-electron chi connectivity index (χ2n) is 2.40. The summed E-state index contributed by atoms with van der Waals surface area (Å²) in [5.41, 5.74) is 0. The van der Waals surface area contributed by atoms with Gasteiger partial charge < -0.3 is 0 Å². The Bertz CT molecular complexity index is 224. The fourth-order valence-electron chi connectivity index (χ4n) is 0.238. The van der Waals surface area contributed by atoms with E-state index in [4.69, 9.17) is 0 Å². The molecule has 0 aromatic carbocycles. The van der Waals surface area contributed by atoms with Crippen molar-refractivity contribution in [2.24, 2.45) is 0 Å². The van der Waals surface area contributed by atoms with E-state index in [1.165, 1.54) is 13.3 Å². The van der Waals surface area contributed by atoms with E-state index >= 15 is 0 Å². The first kappa shape index (κ1) is 15.4. The summed E-state index contributed by atoms with van der Waals surface area (Å²) in [7, 11) is -3.14. The summed E-state index contributed by atoms with van der Waals surface area (Å²) >= 11 is 0.929. The highest BCUT2D eigenvalue weighted by Crippen LogP contribution is 1.97. The van der Waals surface area contributed by atoms with Crippen molar-refractivity contribution in [3.8, 4) is 0 Å². The van der Waals surface area contributed by atoms with Gasteiger partial charge in [0, 0.05) is 6.92 Å². The lowest BCUT2D eigenvalue weighted by Gasteiger charge is -1.96. The second kappa shape index (κ2) is 8.52. The molecule has 0 saturated heterocycles. The molecule has 0 amide bonds. The van der Waals surface area contributed by atoms with Crippen LogP contribution in [0.25, 0.3) is 0 Å². The Morgan fingerprint density at radius 3 is 2.00 bits per heavy atom. The van der Waals surface area contributed by atoms with Crippen LogP contribution in [0.4, 0.5) is 0 Å². The number of sulfonamides is 1. The fourth-order valence-corrected chi connectivity index (χ4v) is 1.53. The number of nitrogens with one attached hydrogen (secondary N) is 1. The van der Waals surface area contributed by atoms with E-state index < -0.39 is 10.0 Å². The van der Waals surface area contributed by atoms with Gasteiger partial charge in [0.15, 0.2) is 5.12 Å². The Kier molecular flexibility index (Phi) is 10.1. The molecule has 0 radical (unpaired) electrons. The van der Waals surface area contributed by atoms with Crippen LogP contribution in [0.15, 0.2) is 0 Å². The average molecular weight is 227 g/mol. The SMILES string of the molecule is CC(=O)SCNS(C)(=O)=O.CCC. The van der Waals surface area contributed by atoms with Gasteiger partial charge in [-0.25, -0.2) is 13.1 Å². The molecule has 0 heterocycles. The molecular weight excluding hydrogens is 210 g/mol. The smallest absolute Gasteiger partial charge is 0.209 e. The van der Waals surface area contributed by atoms with Crippen molar-refractivity contribution in [2.45, 2.75) is 27.2 Å². The van der Waals surface area contributed by atoms with E-state index in [-0.39, 0.29) is 11.0 Å². The van der Waals surface area contributed by atoms with Crippen molar-refractivity contribution in [2.75, 3.05) is 12.1 Å². The Hall–Kier alpha value is -0.0700. The van der Waals surface area contributed by atoms with E-state index in [9.17, 15) is 13.2 Å². The van der Waals surface area contributed by atoms with Gasteiger partial charge in [-0.05, 0) is 0 Å². The quantitative estimate of drug-likeness (QED) is 0.736. The topological polar surface area (TPSA) is 63.2 Å². The maximum absolute atomic E-state index is 10.4. The summed E-state index contributed by atoms with van der Waals surface area (Å²) in [4.78, 5) is 10.3. The van der Waals surface area contributed by atoms with Crippen LogP contribution in [0, 0.1) is 0 Å². The number of carbonyl (C=O) groups is 1. The fraction of sp³-hybridized carbons (Fsp3) is 0.857. The van der Waals surface area contributed by atoms with Crippen LogP contribution in [0.2, 0.25) is 0 Å². The van der Waals surface area contributed by atoms with Crippen LogP contribution in [0.1, 0.15) is 27.2 Å². The van der Waals surface area contributed by atoms with Gasteiger partial charge in [-0.1, -0.05) is 32.0 Å². The predicted octanol–water partition coefficient (Wildman–Crippen LogP) is 1.19. The molecule has 0 aliphatic rings. The molecule has 0 spiro atoms. The minimum atomic E-state index is -3.14. The first-order chi connectivity index (χ1) is 5.83. The van der Waals surface area contributed by atoms with E-state index in [1.807, 2.05) is 0 Å². The number of hydrogen-bond acceptors (Lipinski definition) is 4. The molecular formula is C7H17NO3S2. The summed E-state index contributed by atoms with van der Waals surface area (Å²) in [6, 6.07) is 0. The maximum atomic E-state index is 10.4. The molecule has 80 valence electrons. The average Bonchev–Trinajstić information content (AvgIpc) is 1.84. The molecule has 0 saturated carbocycles. The molecule has 1 N–H and O–H groups in total. The lowest BCUT2D eigenvalue weighted by atomic mass is 10.6. The summed E-state index contributed by atoms with van der Waals surface area (Å²) < 4.78 is 22.9. The molecule has 0 aliphatic heterocycles. The Labute approximate surface area is 84.5 Å². The van der Waals surface area contributed by atoms with Crippen LogP contribution in [-0.2, 0) is 14.8 Å². The molecule has 6 heteroatoms. The minimum Gasteiger partial charge on any atom is -0.288 e. The highest BCUT2D eigenvalue weighted by molar-refractivity contribution is 8.13. The first-order valence-corrected chi connectivity index (χ1v) is 6.79. The zero-order valence-corrected chi connectivity index (χ0v) is 10.1. The van der Waals surface area contributed by atoms with Gasteiger partial charge in [0.1, 0.15) is 0 Å². The molecule has 4 nitrogen and oxygen atoms in total. The maximum Gasteiger partial charge on any atom is 0.209 e. The molecule has 0 rings (SSSR count). The molecule has 0 fully saturated rings. The van der Waals surface area contributed by atoms with Gasteiger partial charge >= 0.3 is 0 Å². The van der Waals surface area contributed by atoms with Crippen LogP contribution >= 0.6 is 11.8 Å². The molecule has 13 heavy (non-hydrogen) atoms. The van der Waals surface area contributed by atoms with Gasteiger partial charge in [0.2, 0.25) is 10.0 Å². The van der Waals surface area contributed by atoms with Gasteiger partial charge in [0.05, 0.1) is 12.1 Å². The van der Waals surface area contributed by atoms with Gasteiger partial charge in [-0.2, -0.15) is 0 Å². The Balaban J connectivity index is 0. The van der Waals surface area contributed by atoms with Gasteiger partial charge in [-0.15, -0.1) is 0 Å². The number of hydrogen-bond donors (Lipinski definition) is 1. The highest BCUT2D eigenvalue weighted by Gasteiger charge is 1.99. The van der Waals surface area contributed by atoms with E-state index in [0.717, 1.165) is 18.0 Å². The standard InChI is InChI=1S/C4H9NO3S2.C3H8/c1-4(6)9-3-5-10(2,7)8;1-3-2/h5H,3H2,1-2H3;3H2,1-2H3. The van der Waals surface area contributed by atoms with Crippen molar-refractivity contribution in [1.82, 2.24) is 4.72 Å². The monoisotopic (exact) mass is 227 g/mol. The molecule has 0 bridgehead atoms. The minimum absolute atomic E-state index is 0.101. The Morgan fingerprint density at radius 2 is 1.77 bits per heavy atom. The van der Waals surface area contributed by atoms with Crippen molar-refractivity contribution < 1.29 is 13.2 Å². The zero-order valence-electron chi connectivity index (χ0n) is 8.46. The van der Waals surface area contributed by atoms with Crippen LogP contribution < -0.4 is 4.72 Å². The molecule has 0 aromatic rings. The predicted molar refractivity (Wildman–Crippen MR) is 57.1 cm³/mol. The number of carbonyl (C=O) groups excluding carboxylic acids is 1. The van der Waals surface area contributed by atoms with Crippen LogP contribution in [0.5, 0.6) is 0 Å². The lowest BCUT2D eigenvalue weighted by Crippen LogP contribution is -2.21. The molecule has 0 unspecified atom stereocenters. The van der Waals surface area contributed by atoms with Crippen LogP contribution in [-0.4, -0.2) is 25.7 Å². The summed E-state index contributed by atoms with van der Waals surface area (Å²) in [6.07, 6.45) is 2.30. The third kappa shape index (κ3) is 24.5. The molecule has 0 aromatic heterocycles. The Morgan fingerprint density at radius 1 is 1.38 bits per heavy atom. The van der Waals surface area contributed by atoms with Crippen molar-refractivity contribution in [3.63, 3.8) is 0 Å². The van der Waals surface area contributed by atoms with Gasteiger partial charge in [-0.3, -0.25) is 4.79 Å². The number of thioether (sulfide) groups is 1. The third-order valence-electron chi connectivity index (χ3n) is 0.597. The first-order valence-electron chi connectivity index (χ1n) is 3.91. The summed E-state index contributed by atoms with van der Waals surface area (Å²) in [5, 5.41) is -0.101. The van der Waals surface area contributed by atoms with Crippen molar-refractivity contribution in [3.05, 3.63) is 0 Å². The molecule has 0 atom stereocenters. The third-order valence-corrected chi connectivity index (χ3v) is 2.14. The summed E-state index contributed by atoms with van der Waals surface area (Å²) in [6.45, 7) is 5.63. The van der Waals surface area contributed by atoms with E-state index in [2.05, 4.69) is 18.6 Å². The van der Waals surface area contributed by atoms with E-state index in [0.29, 0.717) is 0 Å². The van der Waals surface area contributed by atoms with Crippen molar-refractivity contribution in [1.29, 1.82) is 0 Å². The lowest BCUT2D eigenvalue weighted by molar-refractivity contribution is -0.109. The van der Waals surface area contributed by atoms with Gasteiger partial charge in [0.25, 0.3) is 0 Å².